The third kappa shape index (κ3) is 6.18. The molecule has 0 bridgehead atoms. The van der Waals surface area contributed by atoms with Crippen LogP contribution >= 0.6 is 0 Å². The molecule has 0 radical (unpaired) electrons. The Bertz CT molecular complexity index is 591. The molecular weight excluding hydrogens is 300 g/mol. The Morgan fingerprint density at radius 3 is 2.57 bits per heavy atom. The maximum Gasteiger partial charge on any atom is 0.344 e. The average molecular weight is 318 g/mol. The number of esters is 1. The van der Waals surface area contributed by atoms with Crippen LogP contribution in [0.2, 0.25) is 0 Å². The van der Waals surface area contributed by atoms with E-state index in [-0.39, 0.29) is 25.5 Å². The number of aldehydes is 1. The molecule has 23 heavy (non-hydrogen) atoms. The Kier molecular flexibility index (Phi) is 7.27. The van der Waals surface area contributed by atoms with Crippen molar-refractivity contribution in [2.45, 2.75) is 19.4 Å². The summed E-state index contributed by atoms with van der Waals surface area (Å²) in [4.78, 5) is 35.4. The quantitative estimate of drug-likeness (QED) is 0.527. The van der Waals surface area contributed by atoms with E-state index in [4.69, 9.17) is 14.7 Å². The molecule has 0 saturated carbocycles. The largest absolute Gasteiger partial charge is 0.482 e. The highest BCUT2D eigenvalue weighted by Gasteiger charge is 2.21. The molecule has 0 N–H and O–H groups in total. The first-order valence-corrected chi connectivity index (χ1v) is 6.97. The smallest absolute Gasteiger partial charge is 0.344 e. The monoisotopic (exact) mass is 318 g/mol. The Balaban J connectivity index is 2.41. The van der Waals surface area contributed by atoms with Gasteiger partial charge in [0.05, 0.1) is 12.5 Å². The molecule has 1 aromatic rings. The summed E-state index contributed by atoms with van der Waals surface area (Å²) in [6.45, 7) is 1.39. The van der Waals surface area contributed by atoms with Crippen molar-refractivity contribution in [1.29, 1.82) is 5.26 Å². The van der Waals surface area contributed by atoms with Crippen LogP contribution in [0.3, 0.4) is 0 Å². The number of rotatable bonds is 8. The number of carbonyl (C=O) groups excluding carboxylic acids is 3. The van der Waals surface area contributed by atoms with E-state index in [0.29, 0.717) is 17.6 Å². The average Bonchev–Trinajstić information content (AvgIpc) is 2.57. The summed E-state index contributed by atoms with van der Waals surface area (Å²) in [5.41, 5.74) is 0.500. The van der Waals surface area contributed by atoms with Crippen LogP contribution in [0, 0.1) is 11.3 Å². The van der Waals surface area contributed by atoms with Gasteiger partial charge in [0.2, 0.25) is 0 Å². The molecule has 1 amide bonds. The highest BCUT2D eigenvalue weighted by atomic mass is 16.6. The molecule has 1 aromatic carbocycles. The molecule has 0 aliphatic carbocycles. The molecule has 0 aliphatic heterocycles. The van der Waals surface area contributed by atoms with Crippen LogP contribution in [0.1, 0.15) is 23.7 Å². The van der Waals surface area contributed by atoms with Gasteiger partial charge in [0.15, 0.2) is 12.7 Å². The van der Waals surface area contributed by atoms with Gasteiger partial charge in [-0.3, -0.25) is 9.59 Å². The topological polar surface area (TPSA) is 96.7 Å². The predicted octanol–water partition coefficient (Wildman–Crippen LogP) is 1.18. The predicted molar refractivity (Wildman–Crippen MR) is 80.7 cm³/mol. The first-order chi connectivity index (χ1) is 11.0. The lowest BCUT2D eigenvalue weighted by molar-refractivity contribution is -0.160. The van der Waals surface area contributed by atoms with Crippen molar-refractivity contribution in [2.75, 3.05) is 20.2 Å². The number of carbonyl (C=O) groups is 3. The lowest BCUT2D eigenvalue weighted by Crippen LogP contribution is -2.38. The first-order valence-electron chi connectivity index (χ1n) is 6.97. The number of likely N-dealkylation sites (N-methyl/N-ethyl adjacent to an activating group) is 1. The van der Waals surface area contributed by atoms with Crippen LogP contribution < -0.4 is 4.74 Å². The first kappa shape index (κ1) is 18.2. The summed E-state index contributed by atoms with van der Waals surface area (Å²) in [6, 6.07) is 8.17. The Morgan fingerprint density at radius 2 is 2.00 bits per heavy atom. The standard InChI is InChI=1S/C16H18N2O5/c1-12(16(21)18(2)9-3-8-17)23-15(20)11-22-14-6-4-13(10-19)5-7-14/h4-7,10,12H,3,9,11H2,1-2H3/t12-/m0/s1. The van der Waals surface area contributed by atoms with Crippen LogP contribution in [0.5, 0.6) is 5.75 Å². The van der Waals surface area contributed by atoms with Gasteiger partial charge in [0.25, 0.3) is 5.91 Å². The molecule has 1 atom stereocenters. The third-order valence-electron chi connectivity index (χ3n) is 2.96. The van der Waals surface area contributed by atoms with Gasteiger partial charge < -0.3 is 14.4 Å². The molecule has 0 spiro atoms. The molecule has 0 unspecified atom stereocenters. The van der Waals surface area contributed by atoms with Crippen molar-refractivity contribution in [3.8, 4) is 11.8 Å². The molecule has 0 heterocycles. The summed E-state index contributed by atoms with van der Waals surface area (Å²) in [5, 5.41) is 8.48. The van der Waals surface area contributed by atoms with Crippen LogP contribution in [0.15, 0.2) is 24.3 Å². The zero-order valence-electron chi connectivity index (χ0n) is 13.0. The summed E-state index contributed by atoms with van der Waals surface area (Å²) in [5.74, 6) is -0.652. The van der Waals surface area contributed by atoms with Crippen LogP contribution in [-0.2, 0) is 14.3 Å². The fourth-order valence-corrected chi connectivity index (χ4v) is 1.70. The van der Waals surface area contributed by atoms with Gasteiger partial charge in [0.1, 0.15) is 12.0 Å². The van der Waals surface area contributed by atoms with Crippen molar-refractivity contribution in [3.63, 3.8) is 0 Å². The minimum absolute atomic E-state index is 0.211. The highest BCUT2D eigenvalue weighted by Crippen LogP contribution is 2.11. The summed E-state index contributed by atoms with van der Waals surface area (Å²) in [6.07, 6.45) is -0.0380. The van der Waals surface area contributed by atoms with E-state index < -0.39 is 12.1 Å². The van der Waals surface area contributed by atoms with Crippen molar-refractivity contribution in [1.82, 2.24) is 4.90 Å². The summed E-state index contributed by atoms with van der Waals surface area (Å²) in [7, 11) is 1.54. The number of hydrogen-bond donors (Lipinski definition) is 0. The molecule has 7 heteroatoms. The molecule has 0 saturated heterocycles. The second-order valence-corrected chi connectivity index (χ2v) is 4.78. The number of benzene rings is 1. The van der Waals surface area contributed by atoms with E-state index in [9.17, 15) is 14.4 Å². The van der Waals surface area contributed by atoms with E-state index in [1.807, 2.05) is 6.07 Å². The SMILES string of the molecule is C[C@H](OC(=O)COc1ccc(C=O)cc1)C(=O)N(C)CCC#N. The molecule has 7 nitrogen and oxygen atoms in total. The normalized spacial score (nSPS) is 11.0. The summed E-state index contributed by atoms with van der Waals surface area (Å²) >= 11 is 0. The zero-order chi connectivity index (χ0) is 17.2. The lowest BCUT2D eigenvalue weighted by atomic mass is 10.2. The fourth-order valence-electron chi connectivity index (χ4n) is 1.70. The maximum absolute atomic E-state index is 11.9. The van der Waals surface area contributed by atoms with E-state index in [1.54, 1.807) is 24.3 Å². The van der Waals surface area contributed by atoms with Gasteiger partial charge in [-0.25, -0.2) is 4.79 Å². The van der Waals surface area contributed by atoms with E-state index in [1.165, 1.54) is 18.9 Å². The minimum atomic E-state index is -0.952. The van der Waals surface area contributed by atoms with Gasteiger partial charge in [0, 0.05) is 19.2 Å². The molecule has 0 aliphatic rings. The van der Waals surface area contributed by atoms with Gasteiger partial charge in [-0.15, -0.1) is 0 Å². The highest BCUT2D eigenvalue weighted by molar-refractivity contribution is 5.83. The molecule has 122 valence electrons. The minimum Gasteiger partial charge on any atom is -0.482 e. The number of hydrogen-bond acceptors (Lipinski definition) is 6. The maximum atomic E-state index is 11.9. The van der Waals surface area contributed by atoms with E-state index >= 15 is 0 Å². The number of nitrogens with zero attached hydrogens (tertiary/aromatic N) is 2. The van der Waals surface area contributed by atoms with Crippen LogP contribution in [0.25, 0.3) is 0 Å². The zero-order valence-corrected chi connectivity index (χ0v) is 13.0. The Labute approximate surface area is 134 Å². The molecule has 1 rings (SSSR count). The molecule has 0 aromatic heterocycles. The molecule has 0 fully saturated rings. The number of nitriles is 1. The van der Waals surface area contributed by atoms with Gasteiger partial charge in [-0.1, -0.05) is 0 Å². The lowest BCUT2D eigenvalue weighted by Gasteiger charge is -2.20. The number of ether oxygens (including phenoxy) is 2. The Hall–Kier alpha value is -2.88. The van der Waals surface area contributed by atoms with E-state index in [2.05, 4.69) is 0 Å². The number of amides is 1. The van der Waals surface area contributed by atoms with E-state index in [0.717, 1.165) is 0 Å². The van der Waals surface area contributed by atoms with Crippen molar-refractivity contribution in [3.05, 3.63) is 29.8 Å². The van der Waals surface area contributed by atoms with Crippen molar-refractivity contribution in [2.24, 2.45) is 0 Å². The fraction of sp³-hybridized carbons (Fsp3) is 0.375. The van der Waals surface area contributed by atoms with Crippen molar-refractivity contribution >= 4 is 18.2 Å². The van der Waals surface area contributed by atoms with Gasteiger partial charge in [-0.05, 0) is 31.2 Å². The second kappa shape index (κ2) is 9.20. The van der Waals surface area contributed by atoms with Crippen LogP contribution in [-0.4, -0.2) is 49.4 Å². The third-order valence-corrected chi connectivity index (χ3v) is 2.96. The molecular formula is C16H18N2O5. The Morgan fingerprint density at radius 1 is 1.35 bits per heavy atom. The van der Waals surface area contributed by atoms with Gasteiger partial charge in [-0.2, -0.15) is 5.26 Å². The van der Waals surface area contributed by atoms with Crippen molar-refractivity contribution < 1.29 is 23.9 Å². The van der Waals surface area contributed by atoms with Gasteiger partial charge >= 0.3 is 5.97 Å². The van der Waals surface area contributed by atoms with Crippen LogP contribution in [0.4, 0.5) is 0 Å². The summed E-state index contributed by atoms with van der Waals surface area (Å²) < 4.78 is 10.2. The second-order valence-electron chi connectivity index (χ2n) is 4.78.